The molecule has 1 heterocycles. The number of carbonyl (C=O) groups excluding carboxylic acids is 2. The van der Waals surface area contributed by atoms with E-state index in [1.807, 2.05) is 17.0 Å². The zero-order valence-corrected chi connectivity index (χ0v) is 15.4. The van der Waals surface area contributed by atoms with E-state index in [0.717, 1.165) is 25.1 Å². The molecule has 0 spiro atoms. The smallest absolute Gasteiger partial charge is 0.242 e. The summed E-state index contributed by atoms with van der Waals surface area (Å²) in [6.45, 7) is 10.7. The normalized spacial score (nSPS) is 14.8. The number of nitrogens with zero attached hydrogens (tertiary/aromatic N) is 2. The van der Waals surface area contributed by atoms with Crippen LogP contribution in [0.3, 0.4) is 0 Å². The van der Waals surface area contributed by atoms with Crippen LogP contribution in [-0.2, 0) is 22.6 Å². The molecule has 1 aromatic carbocycles. The van der Waals surface area contributed by atoms with E-state index in [9.17, 15) is 9.59 Å². The molecular formula is C20H30N2O2. The standard InChI is InChI=1S/C20H30N2O2/c1-15(2)11-21(12-16(3)4)20(24)14-22-13-18-8-6-5-7-17(18)9-10-19(22)23/h5-8,15-16H,9-14H2,1-4H3. The van der Waals surface area contributed by atoms with Gasteiger partial charge < -0.3 is 9.80 Å². The Balaban J connectivity index is 2.09. The Morgan fingerprint density at radius 3 is 2.21 bits per heavy atom. The summed E-state index contributed by atoms with van der Waals surface area (Å²) >= 11 is 0. The minimum atomic E-state index is 0.0603. The second kappa shape index (κ2) is 8.32. The van der Waals surface area contributed by atoms with Gasteiger partial charge in [-0.05, 0) is 29.4 Å². The van der Waals surface area contributed by atoms with Crippen LogP contribution in [-0.4, -0.2) is 41.2 Å². The van der Waals surface area contributed by atoms with E-state index in [-0.39, 0.29) is 18.4 Å². The van der Waals surface area contributed by atoms with Crippen molar-refractivity contribution in [1.29, 1.82) is 0 Å². The topological polar surface area (TPSA) is 40.6 Å². The van der Waals surface area contributed by atoms with Gasteiger partial charge in [0.05, 0.1) is 0 Å². The molecule has 1 aliphatic heterocycles. The summed E-state index contributed by atoms with van der Waals surface area (Å²) in [7, 11) is 0. The van der Waals surface area contributed by atoms with Gasteiger partial charge in [0.25, 0.3) is 0 Å². The van der Waals surface area contributed by atoms with Gasteiger partial charge >= 0.3 is 0 Å². The molecule has 0 aromatic heterocycles. The summed E-state index contributed by atoms with van der Waals surface area (Å²) in [5.41, 5.74) is 2.39. The van der Waals surface area contributed by atoms with Crippen molar-refractivity contribution in [1.82, 2.24) is 9.80 Å². The molecule has 2 amide bonds. The van der Waals surface area contributed by atoms with Crippen LogP contribution in [0.1, 0.15) is 45.2 Å². The summed E-state index contributed by atoms with van der Waals surface area (Å²) in [5.74, 6) is 0.986. The lowest BCUT2D eigenvalue weighted by atomic mass is 10.0. The summed E-state index contributed by atoms with van der Waals surface area (Å²) in [6, 6.07) is 8.15. The van der Waals surface area contributed by atoms with E-state index in [1.54, 1.807) is 4.90 Å². The molecule has 2 rings (SSSR count). The maximum atomic E-state index is 12.8. The molecule has 0 bridgehead atoms. The molecule has 4 nitrogen and oxygen atoms in total. The highest BCUT2D eigenvalue weighted by molar-refractivity contribution is 5.85. The van der Waals surface area contributed by atoms with Crippen LogP contribution in [0.25, 0.3) is 0 Å². The number of fused-ring (bicyclic) bond motifs is 1. The number of aryl methyl sites for hydroxylation is 1. The summed E-state index contributed by atoms with van der Waals surface area (Å²) in [6.07, 6.45) is 1.25. The van der Waals surface area contributed by atoms with Gasteiger partial charge in [0.1, 0.15) is 6.54 Å². The van der Waals surface area contributed by atoms with Crippen molar-refractivity contribution in [2.24, 2.45) is 11.8 Å². The Bertz CT molecular complexity index is 571. The Morgan fingerprint density at radius 1 is 1.04 bits per heavy atom. The molecule has 0 saturated carbocycles. The average Bonchev–Trinajstić information content (AvgIpc) is 2.66. The molecular weight excluding hydrogens is 300 g/mol. The zero-order valence-electron chi connectivity index (χ0n) is 15.4. The van der Waals surface area contributed by atoms with E-state index in [2.05, 4.69) is 39.8 Å². The number of hydrogen-bond acceptors (Lipinski definition) is 2. The third kappa shape index (κ3) is 5.08. The lowest BCUT2D eigenvalue weighted by molar-refractivity contribution is -0.141. The predicted molar refractivity (Wildman–Crippen MR) is 96.4 cm³/mol. The van der Waals surface area contributed by atoms with Crippen LogP contribution in [0.2, 0.25) is 0 Å². The van der Waals surface area contributed by atoms with Crippen molar-refractivity contribution >= 4 is 11.8 Å². The first-order valence-corrected chi connectivity index (χ1v) is 8.99. The van der Waals surface area contributed by atoms with Gasteiger partial charge in [0, 0.05) is 26.1 Å². The molecule has 0 unspecified atom stereocenters. The molecule has 0 atom stereocenters. The van der Waals surface area contributed by atoms with Gasteiger partial charge in [-0.25, -0.2) is 0 Å². The second-order valence-electron chi connectivity index (χ2n) is 7.60. The highest BCUT2D eigenvalue weighted by Crippen LogP contribution is 2.19. The molecule has 1 aliphatic rings. The first-order valence-electron chi connectivity index (χ1n) is 8.99. The van der Waals surface area contributed by atoms with Gasteiger partial charge in [-0.3, -0.25) is 9.59 Å². The minimum absolute atomic E-state index is 0.0603. The number of hydrogen-bond donors (Lipinski definition) is 0. The van der Waals surface area contributed by atoms with E-state index < -0.39 is 0 Å². The average molecular weight is 330 g/mol. The Kier molecular flexibility index (Phi) is 6.41. The molecule has 1 aromatic rings. The summed E-state index contributed by atoms with van der Waals surface area (Å²) in [4.78, 5) is 28.9. The second-order valence-corrected chi connectivity index (χ2v) is 7.60. The van der Waals surface area contributed by atoms with Gasteiger partial charge in [0.2, 0.25) is 11.8 Å². The summed E-state index contributed by atoms with van der Waals surface area (Å²) in [5, 5.41) is 0. The fraction of sp³-hybridized carbons (Fsp3) is 0.600. The van der Waals surface area contributed by atoms with Crippen molar-refractivity contribution in [2.75, 3.05) is 19.6 Å². The lowest BCUT2D eigenvalue weighted by Gasteiger charge is -2.29. The third-order valence-corrected chi connectivity index (χ3v) is 4.29. The molecule has 132 valence electrons. The van der Waals surface area contributed by atoms with Gasteiger partial charge in [-0.1, -0.05) is 52.0 Å². The maximum absolute atomic E-state index is 12.8. The van der Waals surface area contributed by atoms with Crippen molar-refractivity contribution in [2.45, 2.75) is 47.1 Å². The monoisotopic (exact) mass is 330 g/mol. The number of rotatable bonds is 6. The van der Waals surface area contributed by atoms with E-state index in [4.69, 9.17) is 0 Å². The van der Waals surface area contributed by atoms with Gasteiger partial charge in [-0.2, -0.15) is 0 Å². The van der Waals surface area contributed by atoms with Crippen LogP contribution in [0, 0.1) is 11.8 Å². The molecule has 0 fully saturated rings. The molecule has 0 radical (unpaired) electrons. The maximum Gasteiger partial charge on any atom is 0.242 e. The number of amides is 2. The van der Waals surface area contributed by atoms with Crippen LogP contribution in [0.5, 0.6) is 0 Å². The van der Waals surface area contributed by atoms with Gasteiger partial charge in [0.15, 0.2) is 0 Å². The minimum Gasteiger partial charge on any atom is -0.341 e. The molecule has 0 saturated heterocycles. The largest absolute Gasteiger partial charge is 0.341 e. The first kappa shape index (κ1) is 18.5. The van der Waals surface area contributed by atoms with E-state index in [1.165, 1.54) is 5.56 Å². The van der Waals surface area contributed by atoms with Crippen LogP contribution in [0.15, 0.2) is 24.3 Å². The van der Waals surface area contributed by atoms with Crippen LogP contribution < -0.4 is 0 Å². The van der Waals surface area contributed by atoms with Crippen LogP contribution in [0.4, 0.5) is 0 Å². The van der Waals surface area contributed by atoms with Crippen molar-refractivity contribution in [3.63, 3.8) is 0 Å². The fourth-order valence-electron chi connectivity index (χ4n) is 3.22. The highest BCUT2D eigenvalue weighted by atomic mass is 16.2. The lowest BCUT2D eigenvalue weighted by Crippen LogP contribution is -2.44. The third-order valence-electron chi connectivity index (χ3n) is 4.29. The van der Waals surface area contributed by atoms with E-state index in [0.29, 0.717) is 24.8 Å². The Hall–Kier alpha value is -1.84. The first-order chi connectivity index (χ1) is 11.4. The van der Waals surface area contributed by atoms with Crippen molar-refractivity contribution in [3.05, 3.63) is 35.4 Å². The van der Waals surface area contributed by atoms with E-state index >= 15 is 0 Å². The Morgan fingerprint density at radius 2 is 1.62 bits per heavy atom. The van der Waals surface area contributed by atoms with Crippen LogP contribution >= 0.6 is 0 Å². The van der Waals surface area contributed by atoms with Crippen molar-refractivity contribution < 1.29 is 9.59 Å². The zero-order chi connectivity index (χ0) is 17.7. The molecule has 24 heavy (non-hydrogen) atoms. The highest BCUT2D eigenvalue weighted by Gasteiger charge is 2.25. The quantitative estimate of drug-likeness (QED) is 0.804. The predicted octanol–water partition coefficient (Wildman–Crippen LogP) is 3.10. The van der Waals surface area contributed by atoms with Gasteiger partial charge in [-0.15, -0.1) is 0 Å². The fourth-order valence-corrected chi connectivity index (χ4v) is 3.22. The SMILES string of the molecule is CC(C)CN(CC(C)C)C(=O)CN1Cc2ccccc2CCC1=O. The molecule has 0 aliphatic carbocycles. The number of carbonyl (C=O) groups is 2. The summed E-state index contributed by atoms with van der Waals surface area (Å²) < 4.78 is 0. The number of benzene rings is 1. The van der Waals surface area contributed by atoms with Crippen molar-refractivity contribution in [3.8, 4) is 0 Å². The molecule has 4 heteroatoms. The molecule has 0 N–H and O–H groups in total. The Labute approximate surface area is 145 Å².